The molecule has 0 bridgehead atoms. The van der Waals surface area contributed by atoms with E-state index in [1.807, 2.05) is 0 Å². The number of aliphatic hydroxyl groups is 1. The molecule has 11 nitrogen and oxygen atoms in total. The van der Waals surface area contributed by atoms with Crippen molar-refractivity contribution in [1.29, 1.82) is 0 Å². The van der Waals surface area contributed by atoms with E-state index >= 15 is 0 Å². The van der Waals surface area contributed by atoms with Gasteiger partial charge in [-0.2, -0.15) is 0 Å². The molecule has 11 heteroatoms. The smallest absolute Gasteiger partial charge is 0.270 e. The van der Waals surface area contributed by atoms with Gasteiger partial charge in [-0.15, -0.1) is 0 Å². The van der Waals surface area contributed by atoms with E-state index in [-0.39, 0.29) is 30.1 Å². The zero-order chi connectivity index (χ0) is 21.1. The Hall–Kier alpha value is -3.05. The maximum Gasteiger partial charge on any atom is 0.270 e. The minimum atomic E-state index is -0.689. The molecule has 0 saturated carbocycles. The first-order valence-electron chi connectivity index (χ1n) is 10.0. The highest BCUT2D eigenvalue weighted by Gasteiger charge is 2.28. The largest absolute Gasteiger partial charge is 0.390 e. The summed E-state index contributed by atoms with van der Waals surface area (Å²) in [6.07, 6.45) is 3.18. The number of hydrogen-bond acceptors (Lipinski definition) is 8. The summed E-state index contributed by atoms with van der Waals surface area (Å²) in [5, 5.41) is 16.2. The number of β-amino-alcohol motifs (C(OH)–C–C–N with tert-alkyl or cyclic N) is 1. The molecule has 2 aromatic heterocycles. The lowest BCUT2D eigenvalue weighted by atomic mass is 10.1. The van der Waals surface area contributed by atoms with Crippen molar-refractivity contribution in [2.24, 2.45) is 0 Å². The Morgan fingerprint density at radius 2 is 2.17 bits per heavy atom. The molecule has 2 aromatic rings. The van der Waals surface area contributed by atoms with E-state index in [1.54, 1.807) is 17.3 Å². The number of rotatable bonds is 7. The average molecular weight is 414 g/mol. The van der Waals surface area contributed by atoms with Crippen LogP contribution in [0.2, 0.25) is 0 Å². The summed E-state index contributed by atoms with van der Waals surface area (Å²) in [5.74, 6) is 0.212. The van der Waals surface area contributed by atoms with Gasteiger partial charge in [0.15, 0.2) is 0 Å². The van der Waals surface area contributed by atoms with Gasteiger partial charge in [-0.05, 0) is 0 Å². The standard InChI is InChI=1S/C19H26N8O3/c1-12(28)27-6-13(7-27)25-18-4-16(22-11-24-18)19(30)20-5-14(29)8-26-3-2-15-17(9-26)23-10-21-15/h4,10-11,13-14,29H,2-3,5-9H2,1H3,(H,20,30)(H,21,23)(H,22,24,25)/t14-/m0/s1. The summed E-state index contributed by atoms with van der Waals surface area (Å²) in [5.41, 5.74) is 2.39. The molecule has 4 heterocycles. The van der Waals surface area contributed by atoms with Crippen LogP contribution in [-0.2, 0) is 17.8 Å². The molecule has 0 aromatic carbocycles. The third-order valence-corrected chi connectivity index (χ3v) is 5.40. The first-order valence-corrected chi connectivity index (χ1v) is 10.0. The molecule has 160 valence electrons. The molecular weight excluding hydrogens is 388 g/mol. The van der Waals surface area contributed by atoms with E-state index < -0.39 is 6.10 Å². The number of aromatic amines is 1. The molecule has 0 spiro atoms. The number of aliphatic hydroxyl groups excluding tert-OH is 1. The van der Waals surface area contributed by atoms with Crippen molar-refractivity contribution in [2.75, 3.05) is 38.0 Å². The quantitative estimate of drug-likeness (QED) is 0.452. The molecule has 30 heavy (non-hydrogen) atoms. The van der Waals surface area contributed by atoms with Crippen molar-refractivity contribution < 1.29 is 14.7 Å². The fraction of sp³-hybridized carbons (Fsp3) is 0.526. The van der Waals surface area contributed by atoms with Crippen LogP contribution in [0.1, 0.15) is 28.8 Å². The third-order valence-electron chi connectivity index (χ3n) is 5.40. The van der Waals surface area contributed by atoms with Crippen LogP contribution >= 0.6 is 0 Å². The number of aromatic nitrogens is 4. The highest BCUT2D eigenvalue weighted by atomic mass is 16.3. The number of H-pyrrole nitrogens is 1. The van der Waals surface area contributed by atoms with Gasteiger partial charge in [0.25, 0.3) is 5.91 Å². The van der Waals surface area contributed by atoms with Gasteiger partial charge in [0, 0.05) is 58.7 Å². The summed E-state index contributed by atoms with van der Waals surface area (Å²) in [6, 6.07) is 1.68. The van der Waals surface area contributed by atoms with E-state index in [1.165, 1.54) is 13.3 Å². The second-order valence-electron chi connectivity index (χ2n) is 7.73. The second kappa shape index (κ2) is 8.76. The van der Waals surface area contributed by atoms with E-state index in [4.69, 9.17) is 0 Å². The monoisotopic (exact) mass is 414 g/mol. The number of hydrogen-bond donors (Lipinski definition) is 4. The first kappa shape index (κ1) is 20.2. The number of likely N-dealkylation sites (tertiary alicyclic amines) is 1. The maximum atomic E-state index is 12.4. The van der Waals surface area contributed by atoms with Gasteiger partial charge in [-0.3, -0.25) is 14.5 Å². The van der Waals surface area contributed by atoms with Gasteiger partial charge in [0.1, 0.15) is 17.8 Å². The molecule has 0 unspecified atom stereocenters. The van der Waals surface area contributed by atoms with E-state index in [2.05, 4.69) is 35.5 Å². The molecule has 2 aliphatic rings. The lowest BCUT2D eigenvalue weighted by molar-refractivity contribution is -0.132. The minimum absolute atomic E-state index is 0.0453. The van der Waals surface area contributed by atoms with E-state index in [0.717, 1.165) is 24.4 Å². The molecule has 4 N–H and O–H groups in total. The molecule has 2 aliphatic heterocycles. The van der Waals surface area contributed by atoms with Crippen LogP contribution in [0.3, 0.4) is 0 Å². The summed E-state index contributed by atoms with van der Waals surface area (Å²) >= 11 is 0. The fourth-order valence-corrected chi connectivity index (χ4v) is 3.68. The molecule has 1 saturated heterocycles. The zero-order valence-corrected chi connectivity index (χ0v) is 16.8. The van der Waals surface area contributed by atoms with Crippen LogP contribution in [0.4, 0.5) is 5.82 Å². The Balaban J connectivity index is 1.22. The van der Waals surface area contributed by atoms with Gasteiger partial charge in [0.2, 0.25) is 5.91 Å². The summed E-state index contributed by atoms with van der Waals surface area (Å²) in [7, 11) is 0. The van der Waals surface area contributed by atoms with Crippen molar-refractivity contribution in [1.82, 2.24) is 35.1 Å². The van der Waals surface area contributed by atoms with Gasteiger partial charge >= 0.3 is 0 Å². The second-order valence-corrected chi connectivity index (χ2v) is 7.73. The van der Waals surface area contributed by atoms with Gasteiger partial charge in [-0.25, -0.2) is 15.0 Å². The number of carbonyl (C=O) groups is 2. The van der Waals surface area contributed by atoms with Crippen molar-refractivity contribution >= 4 is 17.6 Å². The Morgan fingerprint density at radius 3 is 2.97 bits per heavy atom. The third kappa shape index (κ3) is 4.74. The Kier molecular flexibility index (Phi) is 5.91. The van der Waals surface area contributed by atoms with Crippen molar-refractivity contribution in [3.05, 3.63) is 35.8 Å². The number of amides is 2. The summed E-state index contributed by atoms with van der Waals surface area (Å²) in [4.78, 5) is 43.1. The number of imidazole rings is 1. The lowest BCUT2D eigenvalue weighted by Crippen LogP contribution is -2.56. The normalized spacial score (nSPS) is 17.7. The van der Waals surface area contributed by atoms with Crippen LogP contribution in [-0.4, -0.2) is 91.5 Å². The molecule has 1 fully saturated rings. The van der Waals surface area contributed by atoms with Crippen LogP contribution < -0.4 is 10.6 Å². The van der Waals surface area contributed by atoms with Crippen LogP contribution in [0.15, 0.2) is 18.7 Å². The summed E-state index contributed by atoms with van der Waals surface area (Å²) < 4.78 is 0. The van der Waals surface area contributed by atoms with E-state index in [0.29, 0.717) is 32.0 Å². The van der Waals surface area contributed by atoms with E-state index in [9.17, 15) is 14.7 Å². The number of nitrogens with zero attached hydrogens (tertiary/aromatic N) is 5. The first-order chi connectivity index (χ1) is 14.5. The predicted molar refractivity (Wildman–Crippen MR) is 108 cm³/mol. The van der Waals surface area contributed by atoms with Crippen LogP contribution in [0.5, 0.6) is 0 Å². The molecule has 0 radical (unpaired) electrons. The fourth-order valence-electron chi connectivity index (χ4n) is 3.68. The maximum absolute atomic E-state index is 12.4. The predicted octanol–water partition coefficient (Wildman–Crippen LogP) is -1.01. The average Bonchev–Trinajstić information content (AvgIpc) is 3.16. The number of nitrogens with one attached hydrogen (secondary N) is 3. The minimum Gasteiger partial charge on any atom is -0.390 e. The van der Waals surface area contributed by atoms with Crippen LogP contribution in [0.25, 0.3) is 0 Å². The topological polar surface area (TPSA) is 139 Å². The van der Waals surface area contributed by atoms with Gasteiger partial charge in [0.05, 0.1) is 29.9 Å². The molecule has 2 amide bonds. The van der Waals surface area contributed by atoms with Crippen molar-refractivity contribution in [3.8, 4) is 0 Å². The molecular formula is C19H26N8O3. The highest BCUT2D eigenvalue weighted by Crippen LogP contribution is 2.15. The molecule has 4 rings (SSSR count). The molecule has 0 aliphatic carbocycles. The van der Waals surface area contributed by atoms with Crippen molar-refractivity contribution in [3.63, 3.8) is 0 Å². The Morgan fingerprint density at radius 1 is 1.33 bits per heavy atom. The van der Waals surface area contributed by atoms with Crippen LogP contribution in [0, 0.1) is 0 Å². The Bertz CT molecular complexity index is 911. The van der Waals surface area contributed by atoms with Gasteiger partial charge in [-0.1, -0.05) is 0 Å². The SMILES string of the molecule is CC(=O)N1CC(Nc2cc(C(=O)NC[C@H](O)CN3CCc4nc[nH]c4C3)ncn2)C1. The number of anilines is 1. The summed E-state index contributed by atoms with van der Waals surface area (Å²) in [6.45, 7) is 4.90. The lowest BCUT2D eigenvalue weighted by Gasteiger charge is -2.39. The highest BCUT2D eigenvalue weighted by molar-refractivity contribution is 5.92. The van der Waals surface area contributed by atoms with Gasteiger partial charge < -0.3 is 25.6 Å². The number of fused-ring (bicyclic) bond motifs is 1. The Labute approximate surface area is 173 Å². The number of carbonyl (C=O) groups excluding carboxylic acids is 2. The van der Waals surface area contributed by atoms with Crippen molar-refractivity contribution in [2.45, 2.75) is 32.0 Å². The zero-order valence-electron chi connectivity index (χ0n) is 16.8. The molecule has 1 atom stereocenters.